The summed E-state index contributed by atoms with van der Waals surface area (Å²) >= 11 is 3.96. The van der Waals surface area contributed by atoms with Crippen molar-refractivity contribution in [2.75, 3.05) is 18.1 Å². The summed E-state index contributed by atoms with van der Waals surface area (Å²) in [5.74, 6) is 3.38. The van der Waals surface area contributed by atoms with Crippen LogP contribution in [0.5, 0.6) is 5.75 Å². The van der Waals surface area contributed by atoms with E-state index < -0.39 is 0 Å². The van der Waals surface area contributed by atoms with E-state index >= 15 is 0 Å². The molecule has 1 fully saturated rings. The predicted octanol–water partition coefficient (Wildman–Crippen LogP) is 4.61. The number of hydrogen-bond acceptors (Lipinski definition) is 6. The van der Waals surface area contributed by atoms with Gasteiger partial charge in [0.1, 0.15) is 11.6 Å². The van der Waals surface area contributed by atoms with Gasteiger partial charge >= 0.3 is 0 Å². The van der Waals surface area contributed by atoms with Gasteiger partial charge in [-0.25, -0.2) is 4.98 Å². The molecule has 1 aromatic heterocycles. The van der Waals surface area contributed by atoms with E-state index in [1.54, 1.807) is 23.1 Å². The van der Waals surface area contributed by atoms with Gasteiger partial charge in [0.05, 0.1) is 22.0 Å². The van der Waals surface area contributed by atoms with Crippen molar-refractivity contribution < 1.29 is 9.53 Å². The fraction of sp³-hybridized carbons (Fsp3) is 0.375. The van der Waals surface area contributed by atoms with E-state index in [2.05, 4.69) is 22.1 Å². The minimum atomic E-state index is -0.201. The number of aromatic nitrogens is 2. The molecule has 1 amide bonds. The molecule has 0 atom stereocenters. The first-order chi connectivity index (χ1) is 15.5. The van der Waals surface area contributed by atoms with Crippen LogP contribution in [0.15, 0.2) is 53.3 Å². The largest absolute Gasteiger partial charge is 0.484 e. The summed E-state index contributed by atoms with van der Waals surface area (Å²) in [5, 5.41) is 0.537. The Bertz CT molecular complexity index is 1130. The average Bonchev–Trinajstić information content (AvgIpc) is 2.82. The average molecular weight is 470 g/mol. The molecule has 2 heterocycles. The lowest BCUT2D eigenvalue weighted by atomic mass is 10.2. The van der Waals surface area contributed by atoms with Gasteiger partial charge in [-0.15, -0.1) is 23.5 Å². The number of carbonyl (C=O) groups excluding carboxylic acids is 1. The summed E-state index contributed by atoms with van der Waals surface area (Å²) in [6.45, 7) is 4.02. The number of amides is 1. The predicted molar refractivity (Wildman–Crippen MR) is 132 cm³/mol. The minimum absolute atomic E-state index is 0.0643. The van der Waals surface area contributed by atoms with Crippen molar-refractivity contribution in [3.8, 4) is 5.75 Å². The Morgan fingerprint density at radius 2 is 1.88 bits per heavy atom. The molecule has 0 radical (unpaired) electrons. The topological polar surface area (TPSA) is 75.3 Å². The molecule has 168 valence electrons. The molecule has 32 heavy (non-hydrogen) atoms. The van der Waals surface area contributed by atoms with Crippen LogP contribution in [-0.2, 0) is 11.3 Å². The van der Waals surface area contributed by atoms with Gasteiger partial charge in [0.2, 0.25) is 0 Å². The molecule has 0 saturated carbocycles. The third kappa shape index (κ3) is 5.48. The summed E-state index contributed by atoms with van der Waals surface area (Å²) in [6, 6.07) is 15.1. The van der Waals surface area contributed by atoms with Crippen molar-refractivity contribution in [3.63, 3.8) is 0 Å². The number of H-pyrrole nitrogens is 1. The number of rotatable bonds is 7. The fourth-order valence-corrected chi connectivity index (χ4v) is 6.45. The third-order valence-electron chi connectivity index (χ3n) is 5.27. The number of hydrogen-bond donors (Lipinski definition) is 1. The van der Waals surface area contributed by atoms with E-state index in [0.29, 0.717) is 27.1 Å². The maximum Gasteiger partial charge on any atom is 0.261 e. The van der Waals surface area contributed by atoms with Gasteiger partial charge in [-0.2, -0.15) is 0 Å². The normalized spacial score (nSPS) is 14.6. The Kier molecular flexibility index (Phi) is 7.42. The quantitative estimate of drug-likeness (QED) is 0.545. The monoisotopic (exact) mass is 469 g/mol. The number of aromatic amines is 1. The lowest BCUT2D eigenvalue weighted by Gasteiger charge is -2.26. The molecule has 0 unspecified atom stereocenters. The molecular weight excluding hydrogens is 442 g/mol. The lowest BCUT2D eigenvalue weighted by molar-refractivity contribution is -0.135. The van der Waals surface area contributed by atoms with Gasteiger partial charge in [-0.05, 0) is 61.6 Å². The second-order valence-corrected chi connectivity index (χ2v) is 10.7. The molecular formula is C24H27N3O3S2. The summed E-state index contributed by atoms with van der Waals surface area (Å²) in [6.07, 6.45) is 1.27. The molecule has 0 spiro atoms. The zero-order valence-electron chi connectivity index (χ0n) is 18.2. The van der Waals surface area contributed by atoms with Gasteiger partial charge in [0.15, 0.2) is 6.61 Å². The molecule has 2 aromatic carbocycles. The molecule has 1 saturated heterocycles. The highest BCUT2D eigenvalue weighted by atomic mass is 32.2. The second kappa shape index (κ2) is 10.4. The molecule has 1 aliphatic rings. The lowest BCUT2D eigenvalue weighted by Crippen LogP contribution is -2.40. The van der Waals surface area contributed by atoms with Crippen LogP contribution in [0.4, 0.5) is 0 Å². The van der Waals surface area contributed by atoms with Crippen LogP contribution in [0.3, 0.4) is 0 Å². The van der Waals surface area contributed by atoms with Gasteiger partial charge in [-0.3, -0.25) is 9.59 Å². The molecule has 4 rings (SSSR count). The summed E-state index contributed by atoms with van der Waals surface area (Å²) < 4.78 is 6.25. The van der Waals surface area contributed by atoms with Crippen molar-refractivity contribution in [2.45, 2.75) is 37.4 Å². The van der Waals surface area contributed by atoms with E-state index in [9.17, 15) is 9.59 Å². The minimum Gasteiger partial charge on any atom is -0.484 e. The van der Waals surface area contributed by atoms with Gasteiger partial charge in [0, 0.05) is 6.04 Å². The summed E-state index contributed by atoms with van der Waals surface area (Å²) in [5.41, 5.74) is 1.70. The standard InChI is InChI=1S/C24H27N3O3S2/c1-16(2)27(14-21-25-20-7-4-3-6-19(20)23(29)26-21)22(28)15-30-18-10-8-17(9-11-18)24-31-12-5-13-32-24/h3-4,6-11,16,24H,5,12-15H2,1-2H3,(H,25,26,29). The Morgan fingerprint density at radius 3 is 2.59 bits per heavy atom. The van der Waals surface area contributed by atoms with E-state index in [4.69, 9.17) is 4.74 Å². The fourth-order valence-electron chi connectivity index (χ4n) is 3.56. The molecule has 0 aliphatic carbocycles. The molecule has 1 N–H and O–H groups in total. The maximum absolute atomic E-state index is 12.9. The van der Waals surface area contributed by atoms with Crippen LogP contribution in [0, 0.1) is 0 Å². The van der Waals surface area contributed by atoms with Gasteiger partial charge < -0.3 is 14.6 Å². The molecule has 3 aromatic rings. The van der Waals surface area contributed by atoms with Crippen molar-refractivity contribution in [1.82, 2.24) is 14.9 Å². The Labute approximate surface area is 196 Å². The van der Waals surface area contributed by atoms with E-state index in [0.717, 1.165) is 0 Å². The van der Waals surface area contributed by atoms with Crippen molar-refractivity contribution in [1.29, 1.82) is 0 Å². The number of fused-ring (bicyclic) bond motifs is 1. The smallest absolute Gasteiger partial charge is 0.261 e. The third-order valence-corrected chi connectivity index (χ3v) is 8.28. The number of carbonyl (C=O) groups is 1. The Morgan fingerprint density at radius 1 is 1.16 bits per heavy atom. The number of thioether (sulfide) groups is 2. The first-order valence-corrected chi connectivity index (χ1v) is 12.8. The van der Waals surface area contributed by atoms with Gasteiger partial charge in [0.25, 0.3) is 11.5 Å². The molecule has 6 nitrogen and oxygen atoms in total. The first kappa shape index (κ1) is 22.7. The number of nitrogens with one attached hydrogen (secondary N) is 1. The zero-order valence-corrected chi connectivity index (χ0v) is 19.9. The van der Waals surface area contributed by atoms with Crippen LogP contribution in [0.1, 0.15) is 36.2 Å². The Balaban J connectivity index is 1.40. The van der Waals surface area contributed by atoms with Crippen molar-refractivity contribution in [3.05, 3.63) is 70.3 Å². The molecule has 0 bridgehead atoms. The van der Waals surface area contributed by atoms with Crippen LogP contribution in [-0.4, -0.2) is 44.9 Å². The molecule has 8 heteroatoms. The Hall–Kier alpha value is -2.45. The summed E-state index contributed by atoms with van der Waals surface area (Å²) in [7, 11) is 0. The van der Waals surface area contributed by atoms with Crippen molar-refractivity contribution in [2.24, 2.45) is 0 Å². The number of para-hydroxylation sites is 1. The van der Waals surface area contributed by atoms with Crippen LogP contribution in [0.2, 0.25) is 0 Å². The number of ether oxygens (including phenoxy) is 1. The van der Waals surface area contributed by atoms with Crippen LogP contribution < -0.4 is 10.3 Å². The second-order valence-electron chi connectivity index (χ2n) is 7.93. The van der Waals surface area contributed by atoms with E-state index in [1.165, 1.54) is 23.5 Å². The summed E-state index contributed by atoms with van der Waals surface area (Å²) in [4.78, 5) is 34.2. The first-order valence-electron chi connectivity index (χ1n) is 10.7. The van der Waals surface area contributed by atoms with E-state index in [-0.39, 0.29) is 30.7 Å². The molecule has 1 aliphatic heterocycles. The zero-order chi connectivity index (χ0) is 22.5. The number of benzene rings is 2. The van der Waals surface area contributed by atoms with E-state index in [1.807, 2.05) is 55.6 Å². The highest BCUT2D eigenvalue weighted by Crippen LogP contribution is 2.43. The van der Waals surface area contributed by atoms with Crippen molar-refractivity contribution >= 4 is 40.3 Å². The number of nitrogens with zero attached hydrogens (tertiary/aromatic N) is 2. The highest BCUT2D eigenvalue weighted by Gasteiger charge is 2.20. The highest BCUT2D eigenvalue weighted by molar-refractivity contribution is 8.16. The van der Waals surface area contributed by atoms with Gasteiger partial charge in [-0.1, -0.05) is 24.3 Å². The van der Waals surface area contributed by atoms with Crippen LogP contribution >= 0.6 is 23.5 Å². The van der Waals surface area contributed by atoms with Crippen LogP contribution in [0.25, 0.3) is 10.9 Å². The maximum atomic E-state index is 12.9. The SMILES string of the molecule is CC(C)N(Cc1nc2ccccc2c(=O)[nH]1)C(=O)COc1ccc(C2SCCCS2)cc1.